The summed E-state index contributed by atoms with van der Waals surface area (Å²) >= 11 is 0. The Hall–Kier alpha value is -1.72. The molecule has 0 radical (unpaired) electrons. The first kappa shape index (κ1) is 21.0. The largest absolute Gasteiger partial charge is 0.396 e. The van der Waals surface area contributed by atoms with E-state index in [-0.39, 0.29) is 12.7 Å². The molecule has 0 amide bonds. The molecule has 2 aromatic carbocycles. The van der Waals surface area contributed by atoms with Gasteiger partial charge in [-0.25, -0.2) is 0 Å². The highest BCUT2D eigenvalue weighted by molar-refractivity contribution is 5.35. The van der Waals surface area contributed by atoms with Gasteiger partial charge in [-0.1, -0.05) is 54.6 Å². The minimum absolute atomic E-state index is 0.179. The van der Waals surface area contributed by atoms with Crippen LogP contribution in [0.4, 0.5) is 0 Å². The van der Waals surface area contributed by atoms with Gasteiger partial charge in [-0.3, -0.25) is 0 Å². The fourth-order valence-corrected chi connectivity index (χ4v) is 4.37. The third-order valence-corrected chi connectivity index (χ3v) is 5.88. The van der Waals surface area contributed by atoms with Crippen LogP contribution < -0.4 is 4.90 Å². The smallest absolute Gasteiger partial charge is 0.126 e. The minimum Gasteiger partial charge on any atom is -0.396 e. The van der Waals surface area contributed by atoms with Crippen LogP contribution in [0.3, 0.4) is 0 Å². The summed E-state index contributed by atoms with van der Waals surface area (Å²) in [4.78, 5) is 1.41. The highest BCUT2D eigenvalue weighted by Crippen LogP contribution is 2.28. The second kappa shape index (κ2) is 10.7. The first-order chi connectivity index (χ1) is 13.7. The lowest BCUT2D eigenvalue weighted by molar-refractivity contribution is -0.934. The first-order valence-corrected chi connectivity index (χ1v) is 10.5. The van der Waals surface area contributed by atoms with Gasteiger partial charge in [0.05, 0.1) is 19.2 Å². The van der Waals surface area contributed by atoms with Crippen molar-refractivity contribution in [3.05, 3.63) is 71.3 Å². The highest BCUT2D eigenvalue weighted by Gasteiger charge is 2.28. The van der Waals surface area contributed by atoms with Gasteiger partial charge in [-0.15, -0.1) is 0 Å². The summed E-state index contributed by atoms with van der Waals surface area (Å²) in [6.07, 6.45) is 3.69. The molecule has 0 spiro atoms. The minimum atomic E-state index is -0.510. The third-order valence-electron chi connectivity index (χ3n) is 5.88. The molecule has 152 valence electrons. The van der Waals surface area contributed by atoms with Crippen LogP contribution in [0.1, 0.15) is 48.5 Å². The van der Waals surface area contributed by atoms with Gasteiger partial charge in [0.2, 0.25) is 0 Å². The standard InChI is InChI=1S/C24H33NO3/c1-19-9-5-6-13-23(19)24(20-10-3-2-4-11-20)28-18-22(27)17-25-15-8-7-12-21(25)14-16-26/h2-6,9-11,13,21-22,24,26-27H,7-8,12,14-18H2,1H3/p+1/t21-,22+,24+/m1/s1. The van der Waals surface area contributed by atoms with Crippen molar-refractivity contribution in [1.29, 1.82) is 0 Å². The van der Waals surface area contributed by atoms with E-state index in [0.29, 0.717) is 19.2 Å². The van der Waals surface area contributed by atoms with Crippen LogP contribution >= 0.6 is 0 Å². The van der Waals surface area contributed by atoms with E-state index < -0.39 is 6.10 Å². The molecule has 1 heterocycles. The molecular weight excluding hydrogens is 350 g/mol. The number of nitrogens with one attached hydrogen (secondary N) is 1. The highest BCUT2D eigenvalue weighted by atomic mass is 16.5. The second-order valence-electron chi connectivity index (χ2n) is 7.95. The van der Waals surface area contributed by atoms with E-state index >= 15 is 0 Å². The molecule has 0 aromatic heterocycles. The summed E-state index contributed by atoms with van der Waals surface area (Å²) in [7, 11) is 0. The molecule has 0 saturated carbocycles. The topological polar surface area (TPSA) is 54.1 Å². The van der Waals surface area contributed by atoms with Crippen molar-refractivity contribution >= 4 is 0 Å². The second-order valence-corrected chi connectivity index (χ2v) is 7.95. The summed E-state index contributed by atoms with van der Waals surface area (Å²) in [6.45, 7) is 4.39. The van der Waals surface area contributed by atoms with Crippen LogP contribution in [0.25, 0.3) is 0 Å². The number of rotatable bonds is 9. The molecule has 3 N–H and O–H groups in total. The molecule has 1 unspecified atom stereocenters. The van der Waals surface area contributed by atoms with Crippen molar-refractivity contribution in [1.82, 2.24) is 0 Å². The molecule has 1 saturated heterocycles. The van der Waals surface area contributed by atoms with Gasteiger partial charge in [-0.05, 0) is 42.9 Å². The Morgan fingerprint density at radius 1 is 1.07 bits per heavy atom. The lowest BCUT2D eigenvalue weighted by Gasteiger charge is -2.34. The molecule has 4 nitrogen and oxygen atoms in total. The molecule has 0 aliphatic carbocycles. The molecule has 4 heteroatoms. The van der Waals surface area contributed by atoms with E-state index in [2.05, 4.69) is 31.2 Å². The van der Waals surface area contributed by atoms with Gasteiger partial charge in [0.15, 0.2) is 0 Å². The number of quaternary nitrogens is 1. The molecule has 3 rings (SSSR count). The van der Waals surface area contributed by atoms with Crippen molar-refractivity contribution in [3.63, 3.8) is 0 Å². The van der Waals surface area contributed by atoms with E-state index in [4.69, 9.17) is 4.74 Å². The van der Waals surface area contributed by atoms with Crippen LogP contribution in [0.5, 0.6) is 0 Å². The number of aliphatic hydroxyl groups is 2. The molecule has 1 fully saturated rings. The zero-order valence-corrected chi connectivity index (χ0v) is 16.9. The van der Waals surface area contributed by atoms with Crippen LogP contribution in [0.15, 0.2) is 54.6 Å². The number of ether oxygens (including phenoxy) is 1. The average Bonchev–Trinajstić information content (AvgIpc) is 2.72. The van der Waals surface area contributed by atoms with E-state index in [1.54, 1.807) is 0 Å². The predicted molar refractivity (Wildman–Crippen MR) is 111 cm³/mol. The van der Waals surface area contributed by atoms with Gasteiger partial charge in [0.1, 0.15) is 18.8 Å². The van der Waals surface area contributed by atoms with Gasteiger partial charge < -0.3 is 19.8 Å². The monoisotopic (exact) mass is 384 g/mol. The van der Waals surface area contributed by atoms with E-state index in [1.165, 1.54) is 23.3 Å². The summed E-state index contributed by atoms with van der Waals surface area (Å²) < 4.78 is 6.28. The fourth-order valence-electron chi connectivity index (χ4n) is 4.37. The number of aliphatic hydroxyl groups excluding tert-OH is 2. The summed E-state index contributed by atoms with van der Waals surface area (Å²) in [5.74, 6) is 0. The average molecular weight is 385 g/mol. The Bertz CT molecular complexity index is 704. The normalized spacial score (nSPS) is 22.0. The van der Waals surface area contributed by atoms with Crippen molar-refractivity contribution in [2.75, 3.05) is 26.3 Å². The van der Waals surface area contributed by atoms with Crippen molar-refractivity contribution < 1.29 is 19.8 Å². The molecule has 1 aliphatic rings. The molecule has 0 bridgehead atoms. The number of aryl methyl sites for hydroxylation is 1. The van der Waals surface area contributed by atoms with E-state index in [0.717, 1.165) is 30.5 Å². The first-order valence-electron chi connectivity index (χ1n) is 10.5. The molecular formula is C24H34NO3+. The number of likely N-dealkylation sites (tertiary alicyclic amines) is 1. The summed E-state index contributed by atoms with van der Waals surface area (Å²) in [5, 5.41) is 20.0. The van der Waals surface area contributed by atoms with E-state index in [9.17, 15) is 10.2 Å². The van der Waals surface area contributed by atoms with Crippen LogP contribution in [-0.4, -0.2) is 48.7 Å². The quantitative estimate of drug-likeness (QED) is 0.622. The Balaban J connectivity index is 1.65. The Morgan fingerprint density at radius 2 is 1.82 bits per heavy atom. The van der Waals surface area contributed by atoms with Gasteiger partial charge in [-0.2, -0.15) is 0 Å². The van der Waals surface area contributed by atoms with Gasteiger partial charge in [0.25, 0.3) is 0 Å². The van der Waals surface area contributed by atoms with Crippen LogP contribution in [-0.2, 0) is 4.74 Å². The zero-order chi connectivity index (χ0) is 19.8. The predicted octanol–water partition coefficient (Wildman–Crippen LogP) is 2.28. The van der Waals surface area contributed by atoms with Crippen molar-refractivity contribution in [2.24, 2.45) is 0 Å². The van der Waals surface area contributed by atoms with Gasteiger partial charge in [0, 0.05) is 13.0 Å². The lowest BCUT2D eigenvalue weighted by atomic mass is 9.97. The van der Waals surface area contributed by atoms with Crippen molar-refractivity contribution in [3.8, 4) is 0 Å². The Labute approximate surface area is 168 Å². The maximum Gasteiger partial charge on any atom is 0.126 e. The maximum absolute atomic E-state index is 10.7. The Kier molecular flexibility index (Phi) is 8.04. The number of hydrogen-bond acceptors (Lipinski definition) is 3. The Morgan fingerprint density at radius 3 is 2.57 bits per heavy atom. The summed E-state index contributed by atoms with van der Waals surface area (Å²) in [5.41, 5.74) is 3.44. The third kappa shape index (κ3) is 5.65. The maximum atomic E-state index is 10.7. The fraction of sp³-hybridized carbons (Fsp3) is 0.500. The molecule has 28 heavy (non-hydrogen) atoms. The molecule has 4 atom stereocenters. The number of benzene rings is 2. The van der Waals surface area contributed by atoms with Gasteiger partial charge >= 0.3 is 0 Å². The molecule has 2 aromatic rings. The zero-order valence-electron chi connectivity index (χ0n) is 16.9. The van der Waals surface area contributed by atoms with Crippen LogP contribution in [0.2, 0.25) is 0 Å². The summed E-state index contributed by atoms with van der Waals surface area (Å²) in [6, 6.07) is 19.0. The van der Waals surface area contributed by atoms with Crippen LogP contribution in [0, 0.1) is 6.92 Å². The SMILES string of the molecule is Cc1ccccc1[C@@H](OC[C@@H](O)C[NH+]1CCCC[C@@H]1CCO)c1ccccc1. The van der Waals surface area contributed by atoms with Crippen molar-refractivity contribution in [2.45, 2.75) is 50.9 Å². The molecule has 1 aliphatic heterocycles. The lowest BCUT2D eigenvalue weighted by Crippen LogP contribution is -3.17. The van der Waals surface area contributed by atoms with E-state index in [1.807, 2.05) is 30.3 Å². The number of hydrogen-bond donors (Lipinski definition) is 3. The number of piperidine rings is 1.